The Balaban J connectivity index is 1.60. The molecular formula is C21H21N3O3. The fourth-order valence-corrected chi connectivity index (χ4v) is 3.43. The van der Waals surface area contributed by atoms with E-state index in [1.165, 1.54) is 5.56 Å². The summed E-state index contributed by atoms with van der Waals surface area (Å²) >= 11 is 0. The van der Waals surface area contributed by atoms with Crippen LogP contribution in [0.2, 0.25) is 0 Å². The molecule has 27 heavy (non-hydrogen) atoms. The van der Waals surface area contributed by atoms with E-state index in [1.54, 1.807) is 24.1 Å². The summed E-state index contributed by atoms with van der Waals surface area (Å²) in [7, 11) is 1.57. The van der Waals surface area contributed by atoms with Crippen molar-refractivity contribution >= 4 is 5.91 Å². The maximum Gasteiger partial charge on any atom is 0.258 e. The lowest BCUT2D eigenvalue weighted by atomic mass is 10.1. The number of ether oxygens (including phenoxy) is 1. The second-order valence-corrected chi connectivity index (χ2v) is 6.68. The van der Waals surface area contributed by atoms with Gasteiger partial charge in [0.1, 0.15) is 11.8 Å². The van der Waals surface area contributed by atoms with Crippen molar-refractivity contribution in [3.63, 3.8) is 0 Å². The molecule has 0 spiro atoms. The Labute approximate surface area is 157 Å². The quantitative estimate of drug-likeness (QED) is 0.700. The number of para-hydroxylation sites is 1. The van der Waals surface area contributed by atoms with Crippen LogP contribution >= 0.6 is 0 Å². The van der Waals surface area contributed by atoms with E-state index in [2.05, 4.69) is 10.1 Å². The molecule has 6 nitrogen and oxygen atoms in total. The minimum absolute atomic E-state index is 0.0787. The third-order valence-corrected chi connectivity index (χ3v) is 4.89. The molecule has 0 saturated carbocycles. The Hall–Kier alpha value is -3.15. The molecule has 1 atom stereocenters. The van der Waals surface area contributed by atoms with E-state index in [1.807, 2.05) is 43.3 Å². The van der Waals surface area contributed by atoms with Crippen LogP contribution in [0.15, 0.2) is 53.1 Å². The first kappa shape index (κ1) is 17.3. The van der Waals surface area contributed by atoms with Gasteiger partial charge in [0.05, 0.1) is 12.7 Å². The molecule has 1 aliphatic heterocycles. The van der Waals surface area contributed by atoms with Gasteiger partial charge in [-0.1, -0.05) is 47.1 Å². The molecule has 3 aromatic rings. The number of nitrogens with zero attached hydrogens (tertiary/aromatic N) is 3. The molecular weight excluding hydrogens is 342 g/mol. The molecule has 2 heterocycles. The van der Waals surface area contributed by atoms with Gasteiger partial charge in [0.2, 0.25) is 11.7 Å². The molecule has 1 amide bonds. The summed E-state index contributed by atoms with van der Waals surface area (Å²) < 4.78 is 10.9. The van der Waals surface area contributed by atoms with Crippen LogP contribution in [0.3, 0.4) is 0 Å². The summed E-state index contributed by atoms with van der Waals surface area (Å²) in [6.45, 7) is 2.69. The lowest BCUT2D eigenvalue weighted by molar-refractivity contribution is 0.0706. The Bertz CT molecular complexity index is 949. The van der Waals surface area contributed by atoms with Crippen LogP contribution in [-0.2, 0) is 0 Å². The average Bonchev–Trinajstić information content (AvgIpc) is 3.37. The number of amides is 1. The monoisotopic (exact) mass is 363 g/mol. The van der Waals surface area contributed by atoms with Crippen molar-refractivity contribution in [2.45, 2.75) is 25.8 Å². The fourth-order valence-electron chi connectivity index (χ4n) is 3.43. The number of aryl methyl sites for hydroxylation is 1. The predicted octanol–water partition coefficient (Wildman–Crippen LogP) is 4.03. The van der Waals surface area contributed by atoms with E-state index in [0.717, 1.165) is 18.4 Å². The second kappa shape index (κ2) is 7.23. The summed E-state index contributed by atoms with van der Waals surface area (Å²) in [6.07, 6.45) is 1.70. The zero-order valence-corrected chi connectivity index (χ0v) is 15.4. The number of carbonyl (C=O) groups excluding carboxylic acids is 1. The van der Waals surface area contributed by atoms with Gasteiger partial charge in [0.25, 0.3) is 5.91 Å². The van der Waals surface area contributed by atoms with Crippen LogP contribution in [0.25, 0.3) is 11.4 Å². The predicted molar refractivity (Wildman–Crippen MR) is 100 cm³/mol. The number of methoxy groups -OCH3 is 1. The molecule has 1 fully saturated rings. The lowest BCUT2D eigenvalue weighted by Crippen LogP contribution is -2.31. The van der Waals surface area contributed by atoms with Crippen LogP contribution in [-0.4, -0.2) is 34.6 Å². The van der Waals surface area contributed by atoms with Gasteiger partial charge < -0.3 is 14.2 Å². The molecule has 6 heteroatoms. The van der Waals surface area contributed by atoms with E-state index in [0.29, 0.717) is 29.6 Å². The first-order valence-corrected chi connectivity index (χ1v) is 9.02. The third kappa shape index (κ3) is 3.30. The molecule has 2 aromatic carbocycles. The highest BCUT2D eigenvalue weighted by molar-refractivity contribution is 5.97. The number of likely N-dealkylation sites (tertiary alicyclic amines) is 1. The molecule has 1 aromatic heterocycles. The van der Waals surface area contributed by atoms with Gasteiger partial charge in [-0.3, -0.25) is 4.79 Å². The number of rotatable bonds is 4. The van der Waals surface area contributed by atoms with Crippen molar-refractivity contribution in [3.05, 3.63) is 65.5 Å². The average molecular weight is 363 g/mol. The van der Waals surface area contributed by atoms with E-state index < -0.39 is 0 Å². The molecule has 0 aliphatic carbocycles. The fraction of sp³-hybridized carbons (Fsp3) is 0.286. The smallest absolute Gasteiger partial charge is 0.258 e. The van der Waals surface area contributed by atoms with Crippen molar-refractivity contribution in [1.82, 2.24) is 15.0 Å². The Morgan fingerprint density at radius 2 is 1.96 bits per heavy atom. The topological polar surface area (TPSA) is 68.5 Å². The van der Waals surface area contributed by atoms with Crippen molar-refractivity contribution < 1.29 is 14.1 Å². The number of carbonyl (C=O) groups is 1. The molecule has 4 rings (SSSR count). The van der Waals surface area contributed by atoms with Crippen LogP contribution in [0, 0.1) is 6.92 Å². The van der Waals surface area contributed by atoms with E-state index in [-0.39, 0.29) is 11.9 Å². The summed E-state index contributed by atoms with van der Waals surface area (Å²) in [4.78, 5) is 19.4. The van der Waals surface area contributed by atoms with Crippen molar-refractivity contribution in [2.75, 3.05) is 13.7 Å². The minimum Gasteiger partial charge on any atom is -0.496 e. The van der Waals surface area contributed by atoms with Crippen LogP contribution in [0.4, 0.5) is 0 Å². The summed E-state index contributed by atoms with van der Waals surface area (Å²) in [5, 5.41) is 4.11. The van der Waals surface area contributed by atoms with Gasteiger partial charge in [-0.2, -0.15) is 4.98 Å². The maximum absolute atomic E-state index is 13.1. The lowest BCUT2D eigenvalue weighted by Gasteiger charge is -2.22. The molecule has 0 bridgehead atoms. The standard InChI is InChI=1S/C21H21N3O3/c1-14-9-11-15(12-10-14)19-22-20(27-23-19)17-7-5-13-24(17)21(25)16-6-3-4-8-18(16)26-2/h3-4,6,8-12,17H,5,7,13H2,1-2H3/t17-/m1/s1. The zero-order valence-electron chi connectivity index (χ0n) is 15.4. The molecule has 1 saturated heterocycles. The number of benzene rings is 2. The maximum atomic E-state index is 13.1. The number of hydrogen-bond donors (Lipinski definition) is 0. The summed E-state index contributed by atoms with van der Waals surface area (Å²) in [5.74, 6) is 1.51. The third-order valence-electron chi connectivity index (χ3n) is 4.89. The van der Waals surface area contributed by atoms with Gasteiger partial charge in [-0.05, 0) is 31.9 Å². The normalized spacial score (nSPS) is 16.5. The summed E-state index contributed by atoms with van der Waals surface area (Å²) in [6, 6.07) is 15.0. The van der Waals surface area contributed by atoms with Crippen molar-refractivity contribution in [3.8, 4) is 17.1 Å². The van der Waals surface area contributed by atoms with Crippen molar-refractivity contribution in [2.24, 2.45) is 0 Å². The van der Waals surface area contributed by atoms with Crippen LogP contribution in [0.5, 0.6) is 5.75 Å². The molecule has 0 radical (unpaired) electrons. The van der Waals surface area contributed by atoms with E-state index >= 15 is 0 Å². The highest BCUT2D eigenvalue weighted by Crippen LogP contribution is 2.34. The Morgan fingerprint density at radius 1 is 1.19 bits per heavy atom. The SMILES string of the molecule is COc1ccccc1C(=O)N1CCC[C@@H]1c1nc(-c2ccc(C)cc2)no1. The zero-order chi connectivity index (χ0) is 18.8. The number of hydrogen-bond acceptors (Lipinski definition) is 5. The van der Waals surface area contributed by atoms with Gasteiger partial charge in [0, 0.05) is 12.1 Å². The molecule has 138 valence electrons. The molecule has 0 N–H and O–H groups in total. The Kier molecular flexibility index (Phi) is 4.62. The largest absolute Gasteiger partial charge is 0.496 e. The van der Waals surface area contributed by atoms with E-state index in [9.17, 15) is 4.79 Å². The number of aromatic nitrogens is 2. The van der Waals surface area contributed by atoms with Crippen LogP contribution in [0.1, 0.15) is 40.7 Å². The van der Waals surface area contributed by atoms with Gasteiger partial charge >= 0.3 is 0 Å². The molecule has 1 aliphatic rings. The first-order valence-electron chi connectivity index (χ1n) is 9.02. The summed E-state index contributed by atoms with van der Waals surface area (Å²) in [5.41, 5.74) is 2.62. The van der Waals surface area contributed by atoms with Gasteiger partial charge in [-0.15, -0.1) is 0 Å². The first-order chi connectivity index (χ1) is 13.2. The molecule has 0 unspecified atom stereocenters. The van der Waals surface area contributed by atoms with Crippen LogP contribution < -0.4 is 4.74 Å². The van der Waals surface area contributed by atoms with Gasteiger partial charge in [-0.25, -0.2) is 0 Å². The minimum atomic E-state index is -0.214. The Morgan fingerprint density at radius 3 is 2.74 bits per heavy atom. The second-order valence-electron chi connectivity index (χ2n) is 6.68. The van der Waals surface area contributed by atoms with E-state index in [4.69, 9.17) is 9.26 Å². The van der Waals surface area contributed by atoms with Crippen molar-refractivity contribution in [1.29, 1.82) is 0 Å². The highest BCUT2D eigenvalue weighted by Gasteiger charge is 2.35. The highest BCUT2D eigenvalue weighted by atomic mass is 16.5. The van der Waals surface area contributed by atoms with Gasteiger partial charge in [0.15, 0.2) is 0 Å².